The lowest BCUT2D eigenvalue weighted by Crippen LogP contribution is -2.09. The minimum atomic E-state index is -1.29. The number of nitrogen functional groups attached to an aromatic ring is 1. The Balaban J connectivity index is 2.30. The number of hydrogen-bond donors (Lipinski definition) is 2. The van der Waals surface area contributed by atoms with E-state index < -0.39 is 11.2 Å². The van der Waals surface area contributed by atoms with Crippen molar-refractivity contribution in [3.63, 3.8) is 0 Å². The molecule has 110 valence electrons. The Morgan fingerprint density at radius 2 is 1.71 bits per heavy atom. The van der Waals surface area contributed by atoms with Crippen molar-refractivity contribution in [2.45, 2.75) is 30.6 Å². The molecule has 0 saturated heterocycles. The van der Waals surface area contributed by atoms with E-state index in [-0.39, 0.29) is 5.91 Å². The maximum Gasteiger partial charge on any atom is 0.221 e. The van der Waals surface area contributed by atoms with Gasteiger partial charge in [-0.1, -0.05) is 6.07 Å². The van der Waals surface area contributed by atoms with Crippen LogP contribution in [0.4, 0.5) is 11.4 Å². The van der Waals surface area contributed by atoms with E-state index in [1.165, 1.54) is 6.92 Å². The maximum absolute atomic E-state index is 12.6. The number of aryl methyl sites for hydroxylation is 2. The predicted molar refractivity (Wildman–Crippen MR) is 85.7 cm³/mol. The van der Waals surface area contributed by atoms with Gasteiger partial charge in [0.1, 0.15) is 0 Å². The van der Waals surface area contributed by atoms with E-state index in [1.807, 2.05) is 32.0 Å². The fourth-order valence-corrected chi connectivity index (χ4v) is 3.10. The molecular weight excluding hydrogens is 284 g/mol. The van der Waals surface area contributed by atoms with Crippen molar-refractivity contribution < 1.29 is 9.35 Å². The van der Waals surface area contributed by atoms with Crippen LogP contribution in [-0.2, 0) is 16.0 Å². The highest BCUT2D eigenvalue weighted by Gasteiger charge is 2.17. The Morgan fingerprint density at radius 1 is 1.10 bits per heavy atom. The highest BCUT2D eigenvalue weighted by molar-refractivity contribution is 7.91. The van der Waals surface area contributed by atoms with Gasteiger partial charge < -0.3 is 15.6 Å². The maximum atomic E-state index is 12.6. The Kier molecular flexibility index (Phi) is 4.55. The number of carbonyl (C=O) groups is 1. The average molecular weight is 302 g/mol. The molecule has 0 aliphatic carbocycles. The zero-order valence-corrected chi connectivity index (χ0v) is 13.1. The lowest BCUT2D eigenvalue weighted by Gasteiger charge is -2.13. The molecule has 1 unspecified atom stereocenters. The summed E-state index contributed by atoms with van der Waals surface area (Å²) in [6.45, 7) is 5.42. The van der Waals surface area contributed by atoms with E-state index in [4.69, 9.17) is 5.73 Å². The third kappa shape index (κ3) is 3.56. The molecule has 0 spiro atoms. The summed E-state index contributed by atoms with van der Waals surface area (Å²) in [7, 11) is 0. The van der Waals surface area contributed by atoms with Crippen LogP contribution in [-0.4, -0.2) is 10.5 Å². The number of rotatable bonds is 3. The summed E-state index contributed by atoms with van der Waals surface area (Å²) in [6, 6.07) is 10.8. The lowest BCUT2D eigenvalue weighted by atomic mass is 10.1. The van der Waals surface area contributed by atoms with Gasteiger partial charge in [-0.05, 0) is 49.2 Å². The van der Waals surface area contributed by atoms with E-state index in [0.29, 0.717) is 16.3 Å². The van der Waals surface area contributed by atoms with Gasteiger partial charge in [-0.3, -0.25) is 4.79 Å². The molecule has 0 aliphatic rings. The fraction of sp³-hybridized carbons (Fsp3) is 0.188. The average Bonchev–Trinajstić information content (AvgIpc) is 2.43. The van der Waals surface area contributed by atoms with Crippen LogP contribution in [0.2, 0.25) is 0 Å². The van der Waals surface area contributed by atoms with Gasteiger partial charge in [-0.15, -0.1) is 0 Å². The molecule has 0 fully saturated rings. The van der Waals surface area contributed by atoms with Gasteiger partial charge in [0.2, 0.25) is 5.91 Å². The number of hydrogen-bond acceptors (Lipinski definition) is 3. The standard InChI is InChI=1S/C16H18N2O2S/c1-10-4-5-13(8-11(10)2)21(20)14-6-7-16(15(17)9-14)18-12(3)19/h4-9H,17H2,1-3H3,(H,18,19). The smallest absolute Gasteiger partial charge is 0.221 e. The summed E-state index contributed by atoms with van der Waals surface area (Å²) in [4.78, 5) is 12.4. The second kappa shape index (κ2) is 6.20. The van der Waals surface area contributed by atoms with Gasteiger partial charge in [0.25, 0.3) is 0 Å². The zero-order chi connectivity index (χ0) is 15.6. The van der Waals surface area contributed by atoms with Crippen molar-refractivity contribution in [1.82, 2.24) is 0 Å². The molecule has 1 atom stereocenters. The van der Waals surface area contributed by atoms with Crippen molar-refractivity contribution in [3.8, 4) is 0 Å². The first-order valence-corrected chi connectivity index (χ1v) is 7.69. The van der Waals surface area contributed by atoms with Crippen molar-refractivity contribution in [2.75, 3.05) is 11.1 Å². The summed E-state index contributed by atoms with van der Waals surface area (Å²) >= 11 is -1.29. The third-order valence-electron chi connectivity index (χ3n) is 3.24. The normalized spacial score (nSPS) is 12.0. The third-order valence-corrected chi connectivity index (χ3v) is 4.60. The number of carbonyl (C=O) groups excluding carboxylic acids is 1. The fourth-order valence-electron chi connectivity index (χ4n) is 1.92. The van der Waals surface area contributed by atoms with Crippen LogP contribution in [0.1, 0.15) is 18.1 Å². The Bertz CT molecular complexity index is 686. The second-order valence-electron chi connectivity index (χ2n) is 4.95. The van der Waals surface area contributed by atoms with E-state index in [2.05, 4.69) is 5.32 Å². The highest BCUT2D eigenvalue weighted by Crippen LogP contribution is 2.27. The van der Waals surface area contributed by atoms with Gasteiger partial charge in [-0.25, -0.2) is 0 Å². The van der Waals surface area contributed by atoms with Crippen molar-refractivity contribution >= 4 is 28.5 Å². The van der Waals surface area contributed by atoms with Crippen LogP contribution in [0.25, 0.3) is 0 Å². The first kappa shape index (κ1) is 15.4. The molecule has 2 rings (SSSR count). The molecule has 0 bridgehead atoms. The van der Waals surface area contributed by atoms with Crippen molar-refractivity contribution in [3.05, 3.63) is 47.5 Å². The molecule has 2 aromatic carbocycles. The molecular formula is C16H18N2O2S. The van der Waals surface area contributed by atoms with Gasteiger partial charge in [0.15, 0.2) is 9.79 Å². The van der Waals surface area contributed by atoms with Crippen LogP contribution in [0.5, 0.6) is 0 Å². The van der Waals surface area contributed by atoms with Crippen LogP contribution in [0, 0.1) is 13.8 Å². The van der Waals surface area contributed by atoms with Crippen molar-refractivity contribution in [1.29, 1.82) is 0 Å². The first-order valence-electron chi connectivity index (χ1n) is 6.54. The van der Waals surface area contributed by atoms with Crippen LogP contribution < -0.4 is 11.1 Å². The molecule has 2 aromatic rings. The summed E-state index contributed by atoms with van der Waals surface area (Å²) in [5, 5.41) is 2.63. The van der Waals surface area contributed by atoms with E-state index in [1.54, 1.807) is 18.2 Å². The number of benzene rings is 2. The van der Waals surface area contributed by atoms with E-state index in [0.717, 1.165) is 16.0 Å². The Labute approximate surface area is 127 Å². The number of amides is 1. The van der Waals surface area contributed by atoms with Crippen molar-refractivity contribution in [2.24, 2.45) is 0 Å². The van der Waals surface area contributed by atoms with Crippen LogP contribution in [0.15, 0.2) is 46.2 Å². The predicted octanol–water partition coefficient (Wildman–Crippen LogP) is 3.01. The molecule has 0 aliphatic heterocycles. The molecule has 1 amide bonds. The number of nitrogens with one attached hydrogen (secondary N) is 1. The molecule has 0 aromatic heterocycles. The largest absolute Gasteiger partial charge is 0.606 e. The topological polar surface area (TPSA) is 78.2 Å². The molecule has 5 heteroatoms. The minimum absolute atomic E-state index is 0.190. The Hall–Kier alpha value is -1.98. The van der Waals surface area contributed by atoms with Crippen LogP contribution in [0.3, 0.4) is 0 Å². The molecule has 3 N–H and O–H groups in total. The lowest BCUT2D eigenvalue weighted by molar-refractivity contribution is -0.114. The molecule has 21 heavy (non-hydrogen) atoms. The molecule has 4 nitrogen and oxygen atoms in total. The summed E-state index contributed by atoms with van der Waals surface area (Å²) < 4.78 is 12.6. The quantitative estimate of drug-likeness (QED) is 0.675. The summed E-state index contributed by atoms with van der Waals surface area (Å²) in [5.74, 6) is -0.190. The second-order valence-corrected chi connectivity index (χ2v) is 6.43. The number of anilines is 2. The zero-order valence-electron chi connectivity index (χ0n) is 12.3. The number of nitrogens with two attached hydrogens (primary N) is 1. The van der Waals surface area contributed by atoms with Gasteiger partial charge in [0.05, 0.1) is 11.4 Å². The summed E-state index contributed by atoms with van der Waals surface area (Å²) in [6.07, 6.45) is 0. The SMILES string of the molecule is CC(=O)Nc1ccc([S+]([O-])c2ccc(C)c(C)c2)cc1N. The van der Waals surface area contributed by atoms with Gasteiger partial charge in [0, 0.05) is 24.2 Å². The minimum Gasteiger partial charge on any atom is -0.606 e. The van der Waals surface area contributed by atoms with Gasteiger partial charge >= 0.3 is 0 Å². The highest BCUT2D eigenvalue weighted by atomic mass is 32.2. The van der Waals surface area contributed by atoms with Crippen LogP contribution >= 0.6 is 0 Å². The Morgan fingerprint density at radius 3 is 2.29 bits per heavy atom. The molecule has 0 saturated carbocycles. The first-order chi connectivity index (χ1) is 9.88. The van der Waals surface area contributed by atoms with Gasteiger partial charge in [-0.2, -0.15) is 0 Å². The van der Waals surface area contributed by atoms with E-state index in [9.17, 15) is 9.35 Å². The summed E-state index contributed by atoms with van der Waals surface area (Å²) in [5.41, 5.74) is 9.09. The molecule has 0 radical (unpaired) electrons. The molecule has 0 heterocycles. The monoisotopic (exact) mass is 302 g/mol. The van der Waals surface area contributed by atoms with E-state index >= 15 is 0 Å².